The first-order chi connectivity index (χ1) is 31.7. The highest BCUT2D eigenvalue weighted by Crippen LogP contribution is 2.51. The molecule has 0 saturated heterocycles. The number of rotatable bonds is 5. The molecule has 0 aliphatic rings. The molecule has 11 aromatic carbocycles. The lowest BCUT2D eigenvalue weighted by Crippen LogP contribution is -1.96. The Balaban J connectivity index is 1.25. The van der Waals surface area contributed by atoms with Crippen LogP contribution in [0.3, 0.4) is 0 Å². The van der Waals surface area contributed by atoms with Crippen LogP contribution in [-0.2, 0) is 0 Å². The molecule has 0 N–H and O–H groups in total. The number of hydrogen-bond acceptors (Lipinski definition) is 2. The minimum atomic E-state index is 0.980. The normalized spacial score (nSPS) is 11.8. The summed E-state index contributed by atoms with van der Waals surface area (Å²) in [4.78, 5) is 10.2. The molecule has 2 heterocycles. The molecule has 0 spiro atoms. The Hall–Kier alpha value is -8.46. The van der Waals surface area contributed by atoms with E-state index in [-0.39, 0.29) is 0 Å². The fourth-order valence-electron chi connectivity index (χ4n) is 10.3. The van der Waals surface area contributed by atoms with Crippen LogP contribution < -0.4 is 0 Å². The van der Waals surface area contributed by atoms with Crippen LogP contribution in [0.4, 0.5) is 0 Å². The van der Waals surface area contributed by atoms with E-state index in [1.54, 1.807) is 0 Å². The molecule has 0 unspecified atom stereocenters. The highest BCUT2D eigenvalue weighted by molar-refractivity contribution is 6.30. The molecule has 0 fully saturated rings. The van der Waals surface area contributed by atoms with Gasteiger partial charge in [-0.2, -0.15) is 0 Å². The summed E-state index contributed by atoms with van der Waals surface area (Å²) in [5.41, 5.74) is 13.7. The van der Waals surface area contributed by atoms with Gasteiger partial charge in [0.25, 0.3) is 0 Å². The molecule has 0 amide bonds. The second kappa shape index (κ2) is 14.6. The zero-order valence-corrected chi connectivity index (χ0v) is 34.8. The predicted molar refractivity (Wildman–Crippen MR) is 272 cm³/mol. The topological polar surface area (TPSA) is 25.8 Å². The Kier molecular flexibility index (Phi) is 8.25. The van der Waals surface area contributed by atoms with Crippen LogP contribution in [0.15, 0.2) is 231 Å². The van der Waals surface area contributed by atoms with Crippen LogP contribution in [-0.4, -0.2) is 9.97 Å². The minimum Gasteiger partial charge on any atom is -0.256 e. The zero-order valence-electron chi connectivity index (χ0n) is 34.8. The molecule has 2 heteroatoms. The fraction of sp³-hybridized carbons (Fsp3) is 0. The van der Waals surface area contributed by atoms with Crippen molar-refractivity contribution in [3.05, 3.63) is 231 Å². The van der Waals surface area contributed by atoms with Gasteiger partial charge in [-0.15, -0.1) is 0 Å². The van der Waals surface area contributed by atoms with Crippen LogP contribution >= 0.6 is 0 Å². The minimum absolute atomic E-state index is 0.980. The molecule has 0 atom stereocenters. The molecular weight excluding hydrogens is 773 g/mol. The average Bonchev–Trinajstić information content (AvgIpc) is 3.37. The Morgan fingerprint density at radius 2 is 0.656 bits per heavy atom. The predicted octanol–water partition coefficient (Wildman–Crippen LogP) is 16.9. The van der Waals surface area contributed by atoms with E-state index in [1.807, 2.05) is 0 Å². The SMILES string of the molecule is c1ccc(-c2ccc3c(-c4cnc5ccccc5c4)c4cc5c(-c6ccccc6)c(-c6ccc7ccccc7c6)c6ccccc6c5cc4c(-c4cnc5ccccc5c4)c3c2)cc1. The van der Waals surface area contributed by atoms with Crippen LogP contribution in [0.5, 0.6) is 0 Å². The Labute approximate surface area is 370 Å². The molecule has 2 aromatic heterocycles. The molecular formula is C62H38N2. The molecule has 13 rings (SSSR count). The molecule has 0 radical (unpaired) electrons. The maximum Gasteiger partial charge on any atom is 0.0702 e. The summed E-state index contributed by atoms with van der Waals surface area (Å²) in [7, 11) is 0. The van der Waals surface area contributed by atoms with Gasteiger partial charge in [-0.25, -0.2) is 0 Å². The van der Waals surface area contributed by atoms with E-state index in [2.05, 4.69) is 231 Å². The number of aromatic nitrogens is 2. The third-order valence-corrected chi connectivity index (χ3v) is 13.2. The summed E-state index contributed by atoms with van der Waals surface area (Å²) in [6, 6.07) is 79.8. The molecule has 2 nitrogen and oxygen atoms in total. The molecule has 0 saturated carbocycles. The van der Waals surface area contributed by atoms with Crippen molar-refractivity contribution in [1.82, 2.24) is 9.97 Å². The van der Waals surface area contributed by atoms with Crippen molar-refractivity contribution in [2.45, 2.75) is 0 Å². The largest absolute Gasteiger partial charge is 0.256 e. The van der Waals surface area contributed by atoms with Gasteiger partial charge in [0.2, 0.25) is 0 Å². The van der Waals surface area contributed by atoms with Crippen molar-refractivity contribution in [3.8, 4) is 55.6 Å². The van der Waals surface area contributed by atoms with Crippen molar-refractivity contribution in [3.63, 3.8) is 0 Å². The van der Waals surface area contributed by atoms with Crippen molar-refractivity contribution in [2.24, 2.45) is 0 Å². The summed E-state index contributed by atoms with van der Waals surface area (Å²) in [5, 5.41) is 14.2. The summed E-state index contributed by atoms with van der Waals surface area (Å²) >= 11 is 0. The molecule has 0 aliphatic heterocycles. The van der Waals surface area contributed by atoms with Gasteiger partial charge in [-0.1, -0.05) is 170 Å². The quantitative estimate of drug-likeness (QED) is 0.128. The number of para-hydroxylation sites is 2. The Bertz CT molecular complexity index is 4000. The van der Waals surface area contributed by atoms with Crippen molar-refractivity contribution < 1.29 is 0 Å². The van der Waals surface area contributed by atoms with E-state index < -0.39 is 0 Å². The van der Waals surface area contributed by atoms with Crippen molar-refractivity contribution in [2.75, 3.05) is 0 Å². The third kappa shape index (κ3) is 5.81. The van der Waals surface area contributed by atoms with E-state index in [9.17, 15) is 0 Å². The highest BCUT2D eigenvalue weighted by Gasteiger charge is 2.24. The monoisotopic (exact) mass is 810 g/mol. The Morgan fingerprint density at radius 1 is 0.203 bits per heavy atom. The first kappa shape index (κ1) is 36.2. The van der Waals surface area contributed by atoms with Crippen LogP contribution in [0, 0.1) is 0 Å². The fourth-order valence-corrected chi connectivity index (χ4v) is 10.3. The zero-order chi connectivity index (χ0) is 42.1. The van der Waals surface area contributed by atoms with E-state index in [1.165, 1.54) is 98.4 Å². The van der Waals surface area contributed by atoms with E-state index in [4.69, 9.17) is 9.97 Å². The van der Waals surface area contributed by atoms with Gasteiger partial charge >= 0.3 is 0 Å². The van der Waals surface area contributed by atoms with Crippen molar-refractivity contribution >= 4 is 75.7 Å². The van der Waals surface area contributed by atoms with E-state index >= 15 is 0 Å². The number of pyridine rings is 2. The van der Waals surface area contributed by atoms with Gasteiger partial charge in [0, 0.05) is 34.3 Å². The van der Waals surface area contributed by atoms with Crippen LogP contribution in [0.2, 0.25) is 0 Å². The van der Waals surface area contributed by atoms with Crippen molar-refractivity contribution in [1.29, 1.82) is 0 Å². The Morgan fingerprint density at radius 3 is 1.34 bits per heavy atom. The van der Waals surface area contributed by atoms with E-state index in [0.717, 1.165) is 32.9 Å². The van der Waals surface area contributed by atoms with Gasteiger partial charge < -0.3 is 0 Å². The maximum absolute atomic E-state index is 5.09. The first-order valence-corrected chi connectivity index (χ1v) is 22.0. The second-order valence-electron chi connectivity index (χ2n) is 16.9. The van der Waals surface area contributed by atoms with Gasteiger partial charge in [0.1, 0.15) is 0 Å². The van der Waals surface area contributed by atoms with Crippen LogP contribution in [0.25, 0.3) is 131 Å². The van der Waals surface area contributed by atoms with Gasteiger partial charge in [-0.3, -0.25) is 9.97 Å². The highest BCUT2D eigenvalue weighted by atomic mass is 14.7. The lowest BCUT2D eigenvalue weighted by Gasteiger charge is -2.23. The molecule has 13 aromatic rings. The number of hydrogen-bond donors (Lipinski definition) is 0. The van der Waals surface area contributed by atoms with Crippen LogP contribution in [0.1, 0.15) is 0 Å². The lowest BCUT2D eigenvalue weighted by molar-refractivity contribution is 1.41. The van der Waals surface area contributed by atoms with Gasteiger partial charge in [-0.05, 0) is 147 Å². The van der Waals surface area contributed by atoms with E-state index in [0.29, 0.717) is 0 Å². The summed E-state index contributed by atoms with van der Waals surface area (Å²) < 4.78 is 0. The smallest absolute Gasteiger partial charge is 0.0702 e. The first-order valence-electron chi connectivity index (χ1n) is 22.0. The standard InChI is InChI=1S/C62H38N2/c1-3-15-39(16-4-1)43-29-30-51-53(34-43)60(48-33-45-22-10-14-26-58(45)64-38-48)55-35-52-49-23-11-12-24-50(49)62(46-28-27-40-17-7-8-20-42(40)31-46)61(41-18-5-2-6-19-41)54(52)36-56(55)59(51)47-32-44-21-9-13-25-57(44)63-37-47/h1-38H. The summed E-state index contributed by atoms with van der Waals surface area (Å²) in [6.07, 6.45) is 4.14. The number of nitrogens with zero attached hydrogens (tertiary/aromatic N) is 2. The van der Waals surface area contributed by atoms with Gasteiger partial charge in [0.15, 0.2) is 0 Å². The lowest BCUT2D eigenvalue weighted by atomic mass is 9.80. The maximum atomic E-state index is 5.09. The number of benzene rings is 11. The number of fused-ring (bicyclic) bond motifs is 8. The molecule has 0 aliphatic carbocycles. The third-order valence-electron chi connectivity index (χ3n) is 13.2. The second-order valence-corrected chi connectivity index (χ2v) is 16.9. The molecule has 64 heavy (non-hydrogen) atoms. The summed E-state index contributed by atoms with van der Waals surface area (Å²) in [5.74, 6) is 0. The van der Waals surface area contributed by atoms with Gasteiger partial charge in [0.05, 0.1) is 11.0 Å². The average molecular weight is 811 g/mol. The molecule has 296 valence electrons. The summed E-state index contributed by atoms with van der Waals surface area (Å²) in [6.45, 7) is 0. The molecule has 0 bridgehead atoms.